The third-order valence-corrected chi connectivity index (χ3v) is 3.38. The van der Waals surface area contributed by atoms with E-state index in [1.165, 1.54) is 13.2 Å². The van der Waals surface area contributed by atoms with Crippen LogP contribution in [0.3, 0.4) is 0 Å². The van der Waals surface area contributed by atoms with E-state index in [1.807, 2.05) is 0 Å². The zero-order valence-electron chi connectivity index (χ0n) is 12.2. The van der Waals surface area contributed by atoms with E-state index in [4.69, 9.17) is 19.9 Å². The normalized spacial score (nSPS) is 10.0. The van der Waals surface area contributed by atoms with Crippen molar-refractivity contribution in [3.8, 4) is 17.2 Å². The first kappa shape index (κ1) is 16.8. The van der Waals surface area contributed by atoms with E-state index in [-0.39, 0.29) is 23.7 Å². The van der Waals surface area contributed by atoms with E-state index >= 15 is 0 Å². The molecule has 6 nitrogen and oxygen atoms in total. The Morgan fingerprint density at radius 1 is 1.13 bits per heavy atom. The number of hydrogen-bond acceptors (Lipinski definition) is 5. The molecule has 0 aromatic heterocycles. The molecule has 1 amide bonds. The van der Waals surface area contributed by atoms with E-state index in [0.717, 1.165) is 4.47 Å². The summed E-state index contributed by atoms with van der Waals surface area (Å²) in [6, 6.07) is 11.6. The van der Waals surface area contributed by atoms with Gasteiger partial charge in [0.05, 0.1) is 12.7 Å². The highest BCUT2D eigenvalue weighted by Crippen LogP contribution is 2.31. The van der Waals surface area contributed by atoms with Crippen molar-refractivity contribution in [2.75, 3.05) is 13.7 Å². The second kappa shape index (κ2) is 7.64. The maximum Gasteiger partial charge on any atom is 0.349 e. The van der Waals surface area contributed by atoms with Gasteiger partial charge in [-0.15, -0.1) is 0 Å². The van der Waals surface area contributed by atoms with Crippen LogP contribution in [0.5, 0.6) is 17.2 Å². The third-order valence-electron chi connectivity index (χ3n) is 2.85. The Morgan fingerprint density at radius 3 is 2.43 bits per heavy atom. The molecule has 0 aliphatic carbocycles. The Hall–Kier alpha value is -2.54. The maximum atomic E-state index is 11.9. The minimum Gasteiger partial charge on any atom is -0.493 e. The second-order valence-corrected chi connectivity index (χ2v) is 5.33. The van der Waals surface area contributed by atoms with Crippen LogP contribution in [0, 0.1) is 0 Å². The van der Waals surface area contributed by atoms with Crippen LogP contribution in [-0.2, 0) is 4.79 Å². The summed E-state index contributed by atoms with van der Waals surface area (Å²) < 4.78 is 16.5. The van der Waals surface area contributed by atoms with Crippen LogP contribution in [0.1, 0.15) is 10.4 Å². The molecule has 0 atom stereocenters. The third kappa shape index (κ3) is 4.46. The van der Waals surface area contributed by atoms with Crippen LogP contribution in [0.15, 0.2) is 46.9 Å². The SMILES string of the molecule is COc1cccc(C(N)=O)c1OC(=O)COc1ccc(Br)cc1. The van der Waals surface area contributed by atoms with E-state index < -0.39 is 11.9 Å². The van der Waals surface area contributed by atoms with Gasteiger partial charge in [0.15, 0.2) is 18.1 Å². The zero-order valence-corrected chi connectivity index (χ0v) is 13.8. The largest absolute Gasteiger partial charge is 0.493 e. The molecule has 0 bridgehead atoms. The average Bonchev–Trinajstić information content (AvgIpc) is 2.54. The lowest BCUT2D eigenvalue weighted by atomic mass is 10.2. The van der Waals surface area contributed by atoms with E-state index in [1.54, 1.807) is 36.4 Å². The predicted molar refractivity (Wildman–Crippen MR) is 86.8 cm³/mol. The number of ether oxygens (including phenoxy) is 3. The summed E-state index contributed by atoms with van der Waals surface area (Å²) in [5.74, 6) is -0.675. The van der Waals surface area contributed by atoms with Gasteiger partial charge < -0.3 is 19.9 Å². The molecule has 0 saturated carbocycles. The van der Waals surface area contributed by atoms with Crippen molar-refractivity contribution >= 4 is 27.8 Å². The number of rotatable bonds is 6. The molecule has 0 spiro atoms. The highest BCUT2D eigenvalue weighted by molar-refractivity contribution is 9.10. The summed E-state index contributed by atoms with van der Waals surface area (Å²) in [6.07, 6.45) is 0. The lowest BCUT2D eigenvalue weighted by molar-refractivity contribution is -0.136. The van der Waals surface area contributed by atoms with Gasteiger partial charge in [-0.05, 0) is 36.4 Å². The van der Waals surface area contributed by atoms with Crippen LogP contribution in [0.2, 0.25) is 0 Å². The molecular formula is C16H14BrNO5. The number of benzene rings is 2. The number of primary amides is 1. The van der Waals surface area contributed by atoms with Gasteiger partial charge in [0.1, 0.15) is 5.75 Å². The Kier molecular flexibility index (Phi) is 5.59. The first-order valence-corrected chi connectivity index (χ1v) is 7.36. The predicted octanol–water partition coefficient (Wildman–Crippen LogP) is 2.54. The van der Waals surface area contributed by atoms with Gasteiger partial charge in [0, 0.05) is 4.47 Å². The second-order valence-electron chi connectivity index (χ2n) is 4.42. The van der Waals surface area contributed by atoms with Gasteiger partial charge in [-0.3, -0.25) is 4.79 Å². The van der Waals surface area contributed by atoms with Crippen molar-refractivity contribution in [2.24, 2.45) is 5.73 Å². The molecule has 0 aliphatic heterocycles. The maximum absolute atomic E-state index is 11.9. The van der Waals surface area contributed by atoms with Gasteiger partial charge in [0.25, 0.3) is 5.91 Å². The highest BCUT2D eigenvalue weighted by atomic mass is 79.9. The molecule has 2 aromatic carbocycles. The number of halogens is 1. The van der Waals surface area contributed by atoms with Crippen molar-refractivity contribution in [2.45, 2.75) is 0 Å². The zero-order chi connectivity index (χ0) is 16.8. The van der Waals surface area contributed by atoms with E-state index in [0.29, 0.717) is 5.75 Å². The smallest absolute Gasteiger partial charge is 0.349 e. The molecule has 23 heavy (non-hydrogen) atoms. The van der Waals surface area contributed by atoms with Crippen LogP contribution in [-0.4, -0.2) is 25.6 Å². The Labute approximate surface area is 141 Å². The molecule has 0 saturated heterocycles. The first-order chi connectivity index (χ1) is 11.0. The molecule has 0 unspecified atom stereocenters. The molecule has 0 fully saturated rings. The molecule has 0 radical (unpaired) electrons. The number of amides is 1. The number of nitrogens with two attached hydrogens (primary N) is 1. The van der Waals surface area contributed by atoms with Gasteiger partial charge in [0.2, 0.25) is 0 Å². The molecule has 0 aliphatic rings. The Morgan fingerprint density at radius 2 is 1.83 bits per heavy atom. The number of carbonyl (C=O) groups excluding carboxylic acids is 2. The van der Waals surface area contributed by atoms with Crippen molar-refractivity contribution in [3.63, 3.8) is 0 Å². The minimum atomic E-state index is -0.722. The fourth-order valence-corrected chi connectivity index (χ4v) is 2.06. The average molecular weight is 380 g/mol. The van der Waals surface area contributed by atoms with Crippen LogP contribution >= 0.6 is 15.9 Å². The number of methoxy groups -OCH3 is 1. The molecule has 0 heterocycles. The van der Waals surface area contributed by atoms with E-state index in [2.05, 4.69) is 15.9 Å². The fourth-order valence-electron chi connectivity index (χ4n) is 1.79. The summed E-state index contributed by atoms with van der Waals surface area (Å²) in [7, 11) is 1.40. The van der Waals surface area contributed by atoms with Crippen molar-refractivity contribution < 1.29 is 23.8 Å². The van der Waals surface area contributed by atoms with E-state index in [9.17, 15) is 9.59 Å². The highest BCUT2D eigenvalue weighted by Gasteiger charge is 2.18. The lowest BCUT2D eigenvalue weighted by Gasteiger charge is -2.12. The monoisotopic (exact) mass is 379 g/mol. The molecule has 2 rings (SSSR count). The summed E-state index contributed by atoms with van der Waals surface area (Å²) in [5, 5.41) is 0. The molecule has 120 valence electrons. The fraction of sp³-hybridized carbons (Fsp3) is 0.125. The Balaban J connectivity index is 2.08. The molecule has 2 aromatic rings. The number of para-hydroxylation sites is 1. The summed E-state index contributed by atoms with van der Waals surface area (Å²) in [5.41, 5.74) is 5.33. The topological polar surface area (TPSA) is 87.9 Å². The van der Waals surface area contributed by atoms with Crippen LogP contribution in [0.4, 0.5) is 0 Å². The van der Waals surface area contributed by atoms with Gasteiger partial charge in [-0.2, -0.15) is 0 Å². The summed E-state index contributed by atoms with van der Waals surface area (Å²) in [4.78, 5) is 23.4. The van der Waals surface area contributed by atoms with Crippen molar-refractivity contribution in [1.82, 2.24) is 0 Å². The van der Waals surface area contributed by atoms with Gasteiger partial charge >= 0.3 is 5.97 Å². The van der Waals surface area contributed by atoms with Gasteiger partial charge in [-0.1, -0.05) is 22.0 Å². The summed E-state index contributed by atoms with van der Waals surface area (Å²) >= 11 is 3.30. The first-order valence-electron chi connectivity index (χ1n) is 6.57. The number of esters is 1. The molecular weight excluding hydrogens is 366 g/mol. The Bertz CT molecular complexity index is 715. The quantitative estimate of drug-likeness (QED) is 0.615. The number of hydrogen-bond donors (Lipinski definition) is 1. The van der Waals surface area contributed by atoms with Crippen LogP contribution < -0.4 is 19.9 Å². The number of carbonyl (C=O) groups is 2. The molecule has 7 heteroatoms. The van der Waals surface area contributed by atoms with Crippen LogP contribution in [0.25, 0.3) is 0 Å². The minimum absolute atomic E-state index is 0.0214. The van der Waals surface area contributed by atoms with Gasteiger partial charge in [-0.25, -0.2) is 4.79 Å². The molecule has 2 N–H and O–H groups in total. The van der Waals surface area contributed by atoms with Crippen molar-refractivity contribution in [3.05, 3.63) is 52.5 Å². The summed E-state index contributed by atoms with van der Waals surface area (Å²) in [6.45, 7) is -0.322. The van der Waals surface area contributed by atoms with Crippen molar-refractivity contribution in [1.29, 1.82) is 0 Å². The standard InChI is InChI=1S/C16H14BrNO5/c1-21-13-4-2-3-12(16(18)20)15(13)23-14(19)9-22-11-7-5-10(17)6-8-11/h2-8H,9H2,1H3,(H2,18,20). The lowest BCUT2D eigenvalue weighted by Crippen LogP contribution is -2.21.